The Kier molecular flexibility index (Phi) is 6.44. The molecule has 0 aliphatic carbocycles. The number of carbonyl (C=O) groups excluding carboxylic acids is 1. The number of nitrogens with one attached hydrogen (secondary N) is 2. The molecule has 2 aromatic rings. The molecule has 2 aliphatic rings. The molecule has 2 N–H and O–H groups in total. The fourth-order valence-electron chi connectivity index (χ4n) is 3.87. The lowest BCUT2D eigenvalue weighted by atomic mass is 10.1. The first kappa shape index (κ1) is 24.3. The van der Waals surface area contributed by atoms with Crippen LogP contribution in [0.25, 0.3) is 0 Å². The van der Waals surface area contributed by atoms with E-state index in [9.17, 15) is 26.4 Å². The average Bonchev–Trinajstić information content (AvgIpc) is 3.30. The Labute approximate surface area is 201 Å². The van der Waals surface area contributed by atoms with Crippen LogP contribution in [-0.2, 0) is 34.0 Å². The molecule has 4 rings (SSSR count). The van der Waals surface area contributed by atoms with Crippen LogP contribution in [0.1, 0.15) is 29.3 Å². The smallest absolute Gasteiger partial charge is 0.419 e. The van der Waals surface area contributed by atoms with Crippen molar-refractivity contribution in [3.8, 4) is 5.75 Å². The SMILES string of the molecule is C[C@@]1(Oc2cc(NS(=O)(=O)c3sc4c(c3Br)CN(C=O)CC4)ccc2C(F)(F)F)CCNC1. The predicted molar refractivity (Wildman–Crippen MR) is 121 cm³/mol. The van der Waals surface area contributed by atoms with E-state index < -0.39 is 33.1 Å². The van der Waals surface area contributed by atoms with E-state index in [0.717, 1.165) is 40.0 Å². The van der Waals surface area contributed by atoms with E-state index in [2.05, 4.69) is 26.0 Å². The van der Waals surface area contributed by atoms with Gasteiger partial charge >= 0.3 is 6.18 Å². The number of thiophene rings is 1. The number of sulfonamides is 1. The Morgan fingerprint density at radius 1 is 1.36 bits per heavy atom. The number of hydrogen-bond acceptors (Lipinski definition) is 6. The summed E-state index contributed by atoms with van der Waals surface area (Å²) in [5.41, 5.74) is -1.13. The molecule has 1 aromatic carbocycles. The van der Waals surface area contributed by atoms with Crippen molar-refractivity contribution in [1.82, 2.24) is 10.2 Å². The van der Waals surface area contributed by atoms with Crippen molar-refractivity contribution < 1.29 is 31.1 Å². The summed E-state index contributed by atoms with van der Waals surface area (Å²) in [6, 6.07) is 2.95. The quantitative estimate of drug-likeness (QED) is 0.516. The maximum absolute atomic E-state index is 13.6. The lowest BCUT2D eigenvalue weighted by Crippen LogP contribution is -2.35. The number of nitrogens with zero attached hydrogens (tertiary/aromatic N) is 1. The van der Waals surface area contributed by atoms with E-state index in [1.807, 2.05) is 0 Å². The van der Waals surface area contributed by atoms with Gasteiger partial charge in [-0.15, -0.1) is 11.3 Å². The summed E-state index contributed by atoms with van der Waals surface area (Å²) in [5, 5.41) is 3.06. The molecule has 0 saturated carbocycles. The first-order valence-electron chi connectivity index (χ1n) is 10.0. The zero-order valence-corrected chi connectivity index (χ0v) is 20.7. The molecule has 0 spiro atoms. The molecular weight excluding hydrogens is 547 g/mol. The van der Waals surface area contributed by atoms with E-state index >= 15 is 0 Å². The summed E-state index contributed by atoms with van der Waals surface area (Å²) >= 11 is 4.41. The van der Waals surface area contributed by atoms with E-state index in [-0.39, 0.29) is 16.4 Å². The van der Waals surface area contributed by atoms with Gasteiger partial charge in [-0.05, 0) is 48.0 Å². The maximum atomic E-state index is 13.6. The number of benzene rings is 1. The second kappa shape index (κ2) is 8.75. The predicted octanol–water partition coefficient (Wildman–Crippen LogP) is 3.98. The lowest BCUT2D eigenvalue weighted by molar-refractivity contribution is -0.139. The van der Waals surface area contributed by atoms with Crippen molar-refractivity contribution in [2.75, 3.05) is 24.4 Å². The molecular formula is C20H21BrF3N3O4S2. The van der Waals surface area contributed by atoms with E-state index in [1.165, 1.54) is 0 Å². The number of alkyl halides is 3. The van der Waals surface area contributed by atoms with Crippen LogP contribution in [0.15, 0.2) is 26.9 Å². The number of rotatable bonds is 6. The number of halogens is 4. The van der Waals surface area contributed by atoms with Crippen LogP contribution >= 0.6 is 27.3 Å². The zero-order valence-electron chi connectivity index (χ0n) is 17.5. The Balaban J connectivity index is 1.65. The number of anilines is 1. The topological polar surface area (TPSA) is 87.7 Å². The molecule has 33 heavy (non-hydrogen) atoms. The molecule has 1 atom stereocenters. The molecule has 0 bridgehead atoms. The Bertz CT molecular complexity index is 1180. The molecule has 1 aromatic heterocycles. The van der Waals surface area contributed by atoms with Crippen LogP contribution < -0.4 is 14.8 Å². The van der Waals surface area contributed by atoms with Gasteiger partial charge in [0.05, 0.1) is 15.7 Å². The maximum Gasteiger partial charge on any atom is 0.419 e. The number of hydrogen-bond donors (Lipinski definition) is 2. The largest absolute Gasteiger partial charge is 0.485 e. The van der Waals surface area contributed by atoms with E-state index in [0.29, 0.717) is 43.4 Å². The highest BCUT2D eigenvalue weighted by molar-refractivity contribution is 9.10. The molecule has 180 valence electrons. The summed E-state index contributed by atoms with van der Waals surface area (Å²) in [5.74, 6) is -0.430. The van der Waals surface area contributed by atoms with Crippen molar-refractivity contribution in [2.24, 2.45) is 0 Å². The van der Waals surface area contributed by atoms with Crippen LogP contribution in [0.4, 0.5) is 18.9 Å². The summed E-state index contributed by atoms with van der Waals surface area (Å²) in [7, 11) is -4.10. The Hall–Kier alpha value is -1.83. The van der Waals surface area contributed by atoms with Gasteiger partial charge in [0, 0.05) is 42.6 Å². The Morgan fingerprint density at radius 3 is 2.76 bits per heavy atom. The minimum absolute atomic E-state index is 0.00886. The molecule has 1 amide bonds. The highest BCUT2D eigenvalue weighted by atomic mass is 79.9. The van der Waals surface area contributed by atoms with Crippen LogP contribution in [0.5, 0.6) is 5.75 Å². The number of amides is 1. The Morgan fingerprint density at radius 2 is 2.12 bits per heavy atom. The fourth-order valence-corrected chi connectivity index (χ4v) is 7.92. The summed E-state index contributed by atoms with van der Waals surface area (Å²) < 4.78 is 75.4. The average molecular weight is 568 g/mol. The minimum Gasteiger partial charge on any atom is -0.485 e. The third kappa shape index (κ3) is 5.00. The highest BCUT2D eigenvalue weighted by Gasteiger charge is 2.38. The van der Waals surface area contributed by atoms with Gasteiger partial charge in [-0.25, -0.2) is 8.42 Å². The van der Waals surface area contributed by atoms with Crippen LogP contribution in [0, 0.1) is 0 Å². The molecule has 1 fully saturated rings. The van der Waals surface area contributed by atoms with Gasteiger partial charge in [0.25, 0.3) is 10.0 Å². The fraction of sp³-hybridized carbons (Fsp3) is 0.450. The molecule has 0 unspecified atom stereocenters. The summed E-state index contributed by atoms with van der Waals surface area (Å²) in [4.78, 5) is 13.5. The third-order valence-electron chi connectivity index (χ3n) is 5.60. The first-order valence-corrected chi connectivity index (χ1v) is 13.1. The zero-order chi connectivity index (χ0) is 24.0. The van der Waals surface area contributed by atoms with Gasteiger partial charge in [0.1, 0.15) is 11.4 Å². The van der Waals surface area contributed by atoms with Gasteiger partial charge in [-0.1, -0.05) is 0 Å². The van der Waals surface area contributed by atoms with Crippen LogP contribution in [0.3, 0.4) is 0 Å². The van der Waals surface area contributed by atoms with Gasteiger partial charge in [0.2, 0.25) is 6.41 Å². The normalized spacial score (nSPS) is 21.1. The third-order valence-corrected chi connectivity index (χ3v) is 10.2. The number of fused-ring (bicyclic) bond motifs is 1. The first-order chi connectivity index (χ1) is 15.4. The van der Waals surface area contributed by atoms with Gasteiger partial charge < -0.3 is 15.0 Å². The van der Waals surface area contributed by atoms with Gasteiger partial charge in [-0.3, -0.25) is 9.52 Å². The molecule has 0 radical (unpaired) electrons. The van der Waals surface area contributed by atoms with Gasteiger partial charge in [-0.2, -0.15) is 13.2 Å². The molecule has 7 nitrogen and oxygen atoms in total. The lowest BCUT2D eigenvalue weighted by Gasteiger charge is -2.27. The monoisotopic (exact) mass is 567 g/mol. The van der Waals surface area contributed by atoms with E-state index in [4.69, 9.17) is 4.74 Å². The van der Waals surface area contributed by atoms with Crippen molar-refractivity contribution in [3.63, 3.8) is 0 Å². The van der Waals surface area contributed by atoms with Crippen molar-refractivity contribution in [1.29, 1.82) is 0 Å². The van der Waals surface area contributed by atoms with Crippen molar-refractivity contribution in [3.05, 3.63) is 38.7 Å². The summed E-state index contributed by atoms with van der Waals surface area (Å²) in [6.07, 6.45) is -2.90. The molecule has 2 aliphatic heterocycles. The van der Waals surface area contributed by atoms with Crippen LogP contribution in [0.2, 0.25) is 0 Å². The van der Waals surface area contributed by atoms with Crippen molar-refractivity contribution in [2.45, 2.75) is 42.3 Å². The molecule has 13 heteroatoms. The van der Waals surface area contributed by atoms with Crippen molar-refractivity contribution >= 4 is 49.4 Å². The standard InChI is InChI=1S/C20H21BrF3N3O4S2/c1-19(5-6-25-10-19)31-15-8-12(2-3-14(15)20(22,23)24)26-33(29,30)18-17(21)13-9-27(11-28)7-4-16(13)32-18/h2-3,8,11,25-26H,4-7,9-10H2,1H3/t19-/m1/s1. The number of carbonyl (C=O) groups is 1. The van der Waals surface area contributed by atoms with Crippen LogP contribution in [-0.4, -0.2) is 45.0 Å². The molecule has 3 heterocycles. The summed E-state index contributed by atoms with van der Waals surface area (Å²) in [6.45, 7) is 3.48. The second-order valence-corrected chi connectivity index (χ2v) is 12.0. The minimum atomic E-state index is -4.66. The highest BCUT2D eigenvalue weighted by Crippen LogP contribution is 2.42. The number of ether oxygens (including phenoxy) is 1. The van der Waals surface area contributed by atoms with Gasteiger partial charge in [0.15, 0.2) is 4.21 Å². The second-order valence-electron chi connectivity index (χ2n) is 8.22. The van der Waals surface area contributed by atoms with E-state index in [1.54, 1.807) is 11.8 Å². The molecule has 1 saturated heterocycles.